The highest BCUT2D eigenvalue weighted by Gasteiger charge is 2.30. The van der Waals surface area contributed by atoms with Gasteiger partial charge in [-0.1, -0.05) is 32.9 Å². The molecule has 0 N–H and O–H groups in total. The number of sulfonamides is 1. The number of nitrogens with zero attached hydrogens (tertiary/aromatic N) is 1. The first-order valence-corrected chi connectivity index (χ1v) is 11.1. The minimum atomic E-state index is -4.18. The summed E-state index contributed by atoms with van der Waals surface area (Å²) in [4.78, 5) is 24.6. The van der Waals surface area contributed by atoms with Gasteiger partial charge in [-0.3, -0.25) is 4.79 Å². The third-order valence-electron chi connectivity index (χ3n) is 5.02. The standard InChI is InChI=1S/C23H25NO6S/c1-14-21(22(26)29-6)19-13-17(9-12-20(19)30-14)24(15(2)25)31(27,28)18-10-7-16(8-11-18)23(3,4)5/h7-13H,1-6H3. The molecule has 0 radical (unpaired) electrons. The molecule has 0 aliphatic carbocycles. The third-order valence-corrected chi connectivity index (χ3v) is 6.83. The second-order valence-electron chi connectivity index (χ2n) is 8.27. The normalized spacial score (nSPS) is 12.1. The van der Waals surface area contributed by atoms with E-state index < -0.39 is 21.9 Å². The fourth-order valence-electron chi connectivity index (χ4n) is 3.41. The van der Waals surface area contributed by atoms with Gasteiger partial charge in [0.25, 0.3) is 10.0 Å². The largest absolute Gasteiger partial charge is 0.465 e. The van der Waals surface area contributed by atoms with Crippen LogP contribution in [-0.2, 0) is 25.0 Å². The SMILES string of the molecule is COC(=O)c1c(C)oc2ccc(N(C(C)=O)S(=O)(=O)c3ccc(C(C)(C)C)cc3)cc12. The number of methoxy groups -OCH3 is 1. The van der Waals surface area contributed by atoms with Crippen LogP contribution in [0, 0.1) is 6.92 Å². The average molecular weight is 444 g/mol. The summed E-state index contributed by atoms with van der Waals surface area (Å²) in [5.74, 6) is -0.948. The zero-order valence-corrected chi connectivity index (χ0v) is 19.2. The predicted octanol–water partition coefficient (Wildman–Crippen LogP) is 4.57. The van der Waals surface area contributed by atoms with Gasteiger partial charge in [0, 0.05) is 12.3 Å². The van der Waals surface area contributed by atoms with E-state index in [1.54, 1.807) is 19.1 Å². The number of anilines is 1. The summed E-state index contributed by atoms with van der Waals surface area (Å²) >= 11 is 0. The Bertz CT molecular complexity index is 1260. The van der Waals surface area contributed by atoms with Crippen LogP contribution in [0.3, 0.4) is 0 Å². The Hall–Kier alpha value is -3.13. The first-order chi connectivity index (χ1) is 14.4. The molecule has 2 aromatic carbocycles. The van der Waals surface area contributed by atoms with Crippen molar-refractivity contribution in [3.63, 3.8) is 0 Å². The van der Waals surface area contributed by atoms with Gasteiger partial charge >= 0.3 is 5.97 Å². The van der Waals surface area contributed by atoms with Gasteiger partial charge in [0.1, 0.15) is 16.9 Å². The summed E-state index contributed by atoms with van der Waals surface area (Å²) in [6.45, 7) is 8.87. The minimum Gasteiger partial charge on any atom is -0.465 e. The predicted molar refractivity (Wildman–Crippen MR) is 118 cm³/mol. The molecule has 3 rings (SSSR count). The molecule has 0 atom stereocenters. The van der Waals surface area contributed by atoms with E-state index in [0.29, 0.717) is 16.7 Å². The second kappa shape index (κ2) is 7.85. The fraction of sp³-hybridized carbons (Fsp3) is 0.304. The Morgan fingerprint density at radius 1 is 1.03 bits per heavy atom. The number of ether oxygens (including phenoxy) is 1. The van der Waals surface area contributed by atoms with E-state index in [4.69, 9.17) is 9.15 Å². The van der Waals surface area contributed by atoms with Crippen LogP contribution in [0.4, 0.5) is 5.69 Å². The van der Waals surface area contributed by atoms with E-state index in [0.717, 1.165) is 9.87 Å². The molecule has 1 amide bonds. The molecule has 0 bridgehead atoms. The van der Waals surface area contributed by atoms with Gasteiger partial charge in [-0.15, -0.1) is 0 Å². The molecule has 1 aromatic heterocycles. The molecule has 0 saturated heterocycles. The molecule has 31 heavy (non-hydrogen) atoms. The molecular formula is C23H25NO6S. The lowest BCUT2D eigenvalue weighted by Crippen LogP contribution is -2.35. The van der Waals surface area contributed by atoms with E-state index in [9.17, 15) is 18.0 Å². The van der Waals surface area contributed by atoms with Crippen LogP contribution in [0.1, 0.15) is 49.4 Å². The van der Waals surface area contributed by atoms with Gasteiger partial charge in [-0.05, 0) is 48.2 Å². The van der Waals surface area contributed by atoms with Crippen LogP contribution in [0.5, 0.6) is 0 Å². The van der Waals surface area contributed by atoms with E-state index in [-0.39, 0.29) is 21.6 Å². The molecule has 7 nitrogen and oxygen atoms in total. The monoisotopic (exact) mass is 443 g/mol. The van der Waals surface area contributed by atoms with Crippen LogP contribution in [0.2, 0.25) is 0 Å². The molecule has 0 unspecified atom stereocenters. The van der Waals surface area contributed by atoms with Crippen LogP contribution in [0.25, 0.3) is 11.0 Å². The van der Waals surface area contributed by atoms with Crippen LogP contribution in [-0.4, -0.2) is 27.4 Å². The highest BCUT2D eigenvalue weighted by molar-refractivity contribution is 7.93. The van der Waals surface area contributed by atoms with Crippen LogP contribution in [0.15, 0.2) is 51.8 Å². The maximum atomic E-state index is 13.3. The van der Waals surface area contributed by atoms with Gasteiger partial charge in [-0.2, -0.15) is 0 Å². The van der Waals surface area contributed by atoms with E-state index in [2.05, 4.69) is 0 Å². The molecule has 3 aromatic rings. The number of benzene rings is 2. The second-order valence-corrected chi connectivity index (χ2v) is 10.1. The minimum absolute atomic E-state index is 0.00707. The lowest BCUT2D eigenvalue weighted by molar-refractivity contribution is -0.115. The fourth-order valence-corrected chi connectivity index (χ4v) is 4.83. The van der Waals surface area contributed by atoms with Crippen molar-refractivity contribution in [1.29, 1.82) is 0 Å². The number of furan rings is 1. The summed E-state index contributed by atoms with van der Waals surface area (Å²) in [7, 11) is -2.93. The smallest absolute Gasteiger partial charge is 0.342 e. The maximum Gasteiger partial charge on any atom is 0.342 e. The van der Waals surface area contributed by atoms with Crippen molar-refractivity contribution in [2.45, 2.75) is 44.9 Å². The summed E-state index contributed by atoms with van der Waals surface area (Å²) in [5.41, 5.74) is 1.51. The molecule has 0 aliphatic heterocycles. The first kappa shape index (κ1) is 22.6. The molecule has 1 heterocycles. The lowest BCUT2D eigenvalue weighted by atomic mass is 9.87. The maximum absolute atomic E-state index is 13.3. The van der Waals surface area contributed by atoms with E-state index >= 15 is 0 Å². The van der Waals surface area contributed by atoms with Crippen molar-refractivity contribution in [2.75, 3.05) is 11.4 Å². The molecule has 0 spiro atoms. The number of fused-ring (bicyclic) bond motifs is 1. The van der Waals surface area contributed by atoms with Crippen molar-refractivity contribution < 1.29 is 27.2 Å². The topological polar surface area (TPSA) is 93.9 Å². The number of carbonyl (C=O) groups is 2. The Kier molecular flexibility index (Phi) is 5.71. The number of hydrogen-bond acceptors (Lipinski definition) is 6. The van der Waals surface area contributed by atoms with Gasteiger partial charge in [0.05, 0.1) is 17.7 Å². The summed E-state index contributed by atoms with van der Waals surface area (Å²) in [5, 5.41) is 0.367. The number of aryl methyl sites for hydroxylation is 1. The van der Waals surface area contributed by atoms with Crippen LogP contribution < -0.4 is 4.31 Å². The van der Waals surface area contributed by atoms with Crippen molar-refractivity contribution in [2.24, 2.45) is 0 Å². The Labute approximate surface area is 181 Å². The summed E-state index contributed by atoms with van der Waals surface area (Å²) in [6.07, 6.45) is 0. The number of carbonyl (C=O) groups excluding carboxylic acids is 2. The van der Waals surface area contributed by atoms with Crippen molar-refractivity contribution in [3.05, 3.63) is 59.4 Å². The number of esters is 1. The third kappa shape index (κ3) is 4.07. The molecular weight excluding hydrogens is 418 g/mol. The van der Waals surface area contributed by atoms with E-state index in [1.165, 1.54) is 44.4 Å². The summed E-state index contributed by atoms with van der Waals surface area (Å²) in [6, 6.07) is 10.9. The highest BCUT2D eigenvalue weighted by Crippen LogP contribution is 2.33. The first-order valence-electron chi connectivity index (χ1n) is 9.66. The molecule has 8 heteroatoms. The molecule has 0 fully saturated rings. The zero-order chi connectivity index (χ0) is 23.1. The van der Waals surface area contributed by atoms with Crippen molar-refractivity contribution in [1.82, 2.24) is 0 Å². The summed E-state index contributed by atoms with van der Waals surface area (Å²) < 4.78 is 37.8. The molecule has 0 saturated carbocycles. The Balaban J connectivity index is 2.15. The molecule has 0 aliphatic rings. The van der Waals surface area contributed by atoms with Gasteiger partial charge in [-0.25, -0.2) is 17.5 Å². The number of amides is 1. The lowest BCUT2D eigenvalue weighted by Gasteiger charge is -2.23. The van der Waals surface area contributed by atoms with Gasteiger partial charge in [0.2, 0.25) is 5.91 Å². The number of hydrogen-bond donors (Lipinski definition) is 0. The zero-order valence-electron chi connectivity index (χ0n) is 18.3. The highest BCUT2D eigenvalue weighted by atomic mass is 32.2. The van der Waals surface area contributed by atoms with Crippen molar-refractivity contribution in [3.8, 4) is 0 Å². The van der Waals surface area contributed by atoms with Crippen LogP contribution >= 0.6 is 0 Å². The number of rotatable bonds is 4. The average Bonchev–Trinajstić information content (AvgIpc) is 3.01. The Morgan fingerprint density at radius 2 is 1.65 bits per heavy atom. The Morgan fingerprint density at radius 3 is 2.16 bits per heavy atom. The quantitative estimate of drug-likeness (QED) is 0.549. The van der Waals surface area contributed by atoms with Crippen molar-refractivity contribution >= 4 is 38.6 Å². The molecule has 164 valence electrons. The van der Waals surface area contributed by atoms with Gasteiger partial charge in [0.15, 0.2) is 0 Å². The van der Waals surface area contributed by atoms with Gasteiger partial charge < -0.3 is 9.15 Å². The van der Waals surface area contributed by atoms with E-state index in [1.807, 2.05) is 20.8 Å².